The van der Waals surface area contributed by atoms with Gasteiger partial charge in [0, 0.05) is 12.5 Å². The van der Waals surface area contributed by atoms with Crippen LogP contribution in [-0.4, -0.2) is 19.5 Å². The Balaban J connectivity index is 1.67. The maximum atomic E-state index is 4.81. The van der Waals surface area contributed by atoms with E-state index in [9.17, 15) is 0 Å². The van der Waals surface area contributed by atoms with Gasteiger partial charge < -0.3 is 4.57 Å². The van der Waals surface area contributed by atoms with Gasteiger partial charge in [0.05, 0.1) is 12.0 Å². The van der Waals surface area contributed by atoms with Crippen molar-refractivity contribution in [3.05, 3.63) is 17.8 Å². The molecule has 0 amide bonds. The Kier molecular flexibility index (Phi) is 2.11. The number of nitrogens with zero attached hydrogens (tertiary/aromatic N) is 4. The van der Waals surface area contributed by atoms with Gasteiger partial charge in [0.2, 0.25) is 0 Å². The summed E-state index contributed by atoms with van der Waals surface area (Å²) < 4.78 is 2.41. The molecule has 2 aromatic heterocycles. The molecular formula is C17H22N4. The third kappa shape index (κ3) is 1.39. The zero-order chi connectivity index (χ0) is 14.2. The van der Waals surface area contributed by atoms with Crippen LogP contribution in [-0.2, 0) is 6.42 Å². The minimum Gasteiger partial charge on any atom is -0.311 e. The molecule has 3 aliphatic carbocycles. The number of hydrogen-bond donors (Lipinski definition) is 0. The lowest BCUT2D eigenvalue weighted by Crippen LogP contribution is -2.21. The van der Waals surface area contributed by atoms with Crippen molar-refractivity contribution in [3.63, 3.8) is 0 Å². The van der Waals surface area contributed by atoms with Crippen LogP contribution >= 0.6 is 0 Å². The van der Waals surface area contributed by atoms with Crippen LogP contribution in [0.4, 0.5) is 0 Å². The van der Waals surface area contributed by atoms with E-state index in [0.717, 1.165) is 29.1 Å². The molecule has 0 unspecified atom stereocenters. The number of rotatable bonds is 2. The van der Waals surface area contributed by atoms with Crippen LogP contribution in [0.2, 0.25) is 0 Å². The van der Waals surface area contributed by atoms with Crippen molar-refractivity contribution in [2.75, 3.05) is 0 Å². The molecule has 0 radical (unpaired) electrons. The number of fused-ring (bicyclic) bond motifs is 2. The quantitative estimate of drug-likeness (QED) is 0.845. The average molecular weight is 282 g/mol. The Morgan fingerprint density at radius 1 is 1.19 bits per heavy atom. The molecule has 2 aromatic rings. The molecule has 3 fully saturated rings. The third-order valence-corrected chi connectivity index (χ3v) is 6.53. The fourth-order valence-electron chi connectivity index (χ4n) is 5.09. The number of aryl methyl sites for hydroxylation is 2. The fourth-order valence-corrected chi connectivity index (χ4v) is 5.09. The van der Waals surface area contributed by atoms with Crippen LogP contribution in [0, 0.1) is 17.8 Å². The summed E-state index contributed by atoms with van der Waals surface area (Å²) in [6.07, 6.45) is 11.4. The number of imidazole rings is 1. The molecule has 2 heterocycles. The van der Waals surface area contributed by atoms with Gasteiger partial charge in [-0.25, -0.2) is 15.0 Å². The molecule has 0 bridgehead atoms. The smallest absolute Gasteiger partial charge is 0.164 e. The topological polar surface area (TPSA) is 43.6 Å². The predicted molar refractivity (Wildman–Crippen MR) is 81.0 cm³/mol. The Morgan fingerprint density at radius 2 is 2.00 bits per heavy atom. The van der Waals surface area contributed by atoms with Gasteiger partial charge in [-0.05, 0) is 56.3 Å². The Labute approximate surface area is 125 Å². The molecule has 0 aliphatic heterocycles. The van der Waals surface area contributed by atoms with Crippen molar-refractivity contribution in [2.24, 2.45) is 10.8 Å². The zero-order valence-electron chi connectivity index (χ0n) is 12.9. The SMILES string of the molecule is CCc1nc(C)c2ncn([C@H]3CCC4(CC4)C34CC4)c2n1. The minimum atomic E-state index is 0.589. The predicted octanol–water partition coefficient (Wildman–Crippen LogP) is 3.59. The van der Waals surface area contributed by atoms with Gasteiger partial charge in [0.25, 0.3) is 0 Å². The maximum Gasteiger partial charge on any atom is 0.164 e. The second-order valence-corrected chi connectivity index (χ2v) is 7.39. The van der Waals surface area contributed by atoms with E-state index in [-0.39, 0.29) is 0 Å². The van der Waals surface area contributed by atoms with E-state index >= 15 is 0 Å². The second kappa shape index (κ2) is 3.65. The molecule has 1 atom stereocenters. The van der Waals surface area contributed by atoms with E-state index in [1.807, 2.05) is 6.33 Å². The Hall–Kier alpha value is -1.45. The van der Waals surface area contributed by atoms with Crippen LogP contribution in [0.5, 0.6) is 0 Å². The van der Waals surface area contributed by atoms with Gasteiger partial charge in [-0.3, -0.25) is 0 Å². The highest BCUT2D eigenvalue weighted by Gasteiger charge is 2.71. The van der Waals surface area contributed by atoms with E-state index in [4.69, 9.17) is 4.98 Å². The molecule has 5 rings (SSSR count). The van der Waals surface area contributed by atoms with Gasteiger partial charge in [-0.1, -0.05) is 6.92 Å². The molecule has 0 saturated heterocycles. The van der Waals surface area contributed by atoms with E-state index in [2.05, 4.69) is 28.4 Å². The first-order chi connectivity index (χ1) is 10.2. The van der Waals surface area contributed by atoms with Crippen molar-refractivity contribution in [1.82, 2.24) is 19.5 Å². The third-order valence-electron chi connectivity index (χ3n) is 6.53. The molecule has 3 saturated carbocycles. The van der Waals surface area contributed by atoms with Crippen LogP contribution in [0.1, 0.15) is 63.0 Å². The molecule has 110 valence electrons. The number of hydrogen-bond acceptors (Lipinski definition) is 3. The molecule has 4 heteroatoms. The first-order valence-electron chi connectivity index (χ1n) is 8.39. The lowest BCUT2D eigenvalue weighted by Gasteiger charge is -2.25. The van der Waals surface area contributed by atoms with Crippen molar-refractivity contribution < 1.29 is 0 Å². The summed E-state index contributed by atoms with van der Waals surface area (Å²) in [5.41, 5.74) is 4.39. The molecular weight excluding hydrogens is 260 g/mol. The summed E-state index contributed by atoms with van der Waals surface area (Å²) in [6.45, 7) is 4.18. The first-order valence-corrected chi connectivity index (χ1v) is 8.39. The summed E-state index contributed by atoms with van der Waals surface area (Å²) >= 11 is 0. The number of aromatic nitrogens is 4. The Bertz CT molecular complexity index is 737. The van der Waals surface area contributed by atoms with Crippen molar-refractivity contribution in [2.45, 2.75) is 64.8 Å². The summed E-state index contributed by atoms with van der Waals surface area (Å²) in [6, 6.07) is 0.629. The van der Waals surface area contributed by atoms with Gasteiger partial charge in [-0.15, -0.1) is 0 Å². The highest BCUT2D eigenvalue weighted by Crippen LogP contribution is 2.81. The maximum absolute atomic E-state index is 4.81. The molecule has 4 nitrogen and oxygen atoms in total. The summed E-state index contributed by atoms with van der Waals surface area (Å²) in [7, 11) is 0. The van der Waals surface area contributed by atoms with Gasteiger partial charge in [0.15, 0.2) is 5.65 Å². The average Bonchev–Trinajstić information content (AvgIpc) is 3.35. The van der Waals surface area contributed by atoms with E-state index in [0.29, 0.717) is 16.9 Å². The standard InChI is InChI=1S/C17H22N4/c1-3-13-19-11(2)14-15(20-13)21(10-18-14)12-4-5-16(6-7-16)17(12)8-9-17/h10,12H,3-9H2,1-2H3/t12-/m0/s1. The van der Waals surface area contributed by atoms with E-state index in [1.165, 1.54) is 38.5 Å². The van der Waals surface area contributed by atoms with Gasteiger partial charge in [0.1, 0.15) is 11.3 Å². The normalized spacial score (nSPS) is 27.8. The highest BCUT2D eigenvalue weighted by molar-refractivity contribution is 5.73. The zero-order valence-corrected chi connectivity index (χ0v) is 12.9. The highest BCUT2D eigenvalue weighted by atomic mass is 15.2. The van der Waals surface area contributed by atoms with Gasteiger partial charge in [-0.2, -0.15) is 0 Å². The van der Waals surface area contributed by atoms with Crippen LogP contribution in [0.25, 0.3) is 11.2 Å². The van der Waals surface area contributed by atoms with Crippen molar-refractivity contribution in [1.29, 1.82) is 0 Å². The summed E-state index contributed by atoms with van der Waals surface area (Å²) in [4.78, 5) is 14.0. The largest absolute Gasteiger partial charge is 0.311 e. The van der Waals surface area contributed by atoms with Crippen molar-refractivity contribution in [3.8, 4) is 0 Å². The minimum absolute atomic E-state index is 0.589. The fraction of sp³-hybridized carbons (Fsp3) is 0.706. The van der Waals surface area contributed by atoms with Crippen molar-refractivity contribution >= 4 is 11.2 Å². The monoisotopic (exact) mass is 282 g/mol. The molecule has 0 aromatic carbocycles. The van der Waals surface area contributed by atoms with Crippen LogP contribution in [0.3, 0.4) is 0 Å². The van der Waals surface area contributed by atoms with Crippen LogP contribution in [0.15, 0.2) is 6.33 Å². The lowest BCUT2D eigenvalue weighted by atomic mass is 9.87. The van der Waals surface area contributed by atoms with E-state index < -0.39 is 0 Å². The molecule has 3 aliphatic rings. The second-order valence-electron chi connectivity index (χ2n) is 7.39. The Morgan fingerprint density at radius 3 is 2.67 bits per heavy atom. The summed E-state index contributed by atoms with van der Waals surface area (Å²) in [5, 5.41) is 0. The van der Waals surface area contributed by atoms with Crippen LogP contribution < -0.4 is 0 Å². The molecule has 0 N–H and O–H groups in total. The summed E-state index contributed by atoms with van der Waals surface area (Å²) in [5.74, 6) is 0.950. The first kappa shape index (κ1) is 12.1. The molecule has 21 heavy (non-hydrogen) atoms. The lowest BCUT2D eigenvalue weighted by molar-refractivity contribution is 0.266. The van der Waals surface area contributed by atoms with Gasteiger partial charge >= 0.3 is 0 Å². The molecule has 2 spiro atoms. The van der Waals surface area contributed by atoms with E-state index in [1.54, 1.807) is 0 Å².